The molecular weight excluding hydrogens is 357 g/mol. The van der Waals surface area contributed by atoms with E-state index in [9.17, 15) is 0 Å². The Kier molecular flexibility index (Phi) is 5.67. The molecule has 0 spiro atoms. The Morgan fingerprint density at radius 2 is 1.87 bits per heavy atom. The minimum Gasteiger partial charge on any atom is -0.489 e. The van der Waals surface area contributed by atoms with Gasteiger partial charge in [-0.15, -0.1) is 0 Å². The Morgan fingerprint density at radius 1 is 1.09 bits per heavy atom. The molecule has 1 fully saturated rings. The van der Waals surface area contributed by atoms with Gasteiger partial charge >= 0.3 is 0 Å². The predicted octanol–water partition coefficient (Wildman–Crippen LogP) is 4.89. The Labute approximate surface area is 150 Å². The molecule has 0 radical (unpaired) electrons. The Morgan fingerprint density at radius 3 is 2.52 bits per heavy atom. The van der Waals surface area contributed by atoms with Crippen molar-refractivity contribution in [3.63, 3.8) is 0 Å². The topological polar surface area (TPSA) is 30.5 Å². The van der Waals surface area contributed by atoms with E-state index in [0.717, 1.165) is 24.2 Å². The van der Waals surface area contributed by atoms with Crippen molar-refractivity contribution in [1.29, 1.82) is 0 Å². The summed E-state index contributed by atoms with van der Waals surface area (Å²) >= 11 is 18.6. The van der Waals surface area contributed by atoms with E-state index in [1.807, 2.05) is 12.1 Å². The van der Waals surface area contributed by atoms with Crippen molar-refractivity contribution >= 4 is 34.8 Å². The second-order valence-corrected chi connectivity index (χ2v) is 6.46. The smallest absolute Gasteiger partial charge is 0.121 e. The minimum atomic E-state index is -0.0247. The summed E-state index contributed by atoms with van der Waals surface area (Å²) in [6, 6.07) is 11.0. The average molecular weight is 373 g/mol. The van der Waals surface area contributed by atoms with Crippen molar-refractivity contribution in [1.82, 2.24) is 5.32 Å². The lowest BCUT2D eigenvalue weighted by molar-refractivity contribution is 0.0277. The van der Waals surface area contributed by atoms with Gasteiger partial charge in [0.15, 0.2) is 0 Å². The van der Waals surface area contributed by atoms with Gasteiger partial charge in [-0.05, 0) is 24.3 Å². The van der Waals surface area contributed by atoms with Crippen molar-refractivity contribution in [3.8, 4) is 5.75 Å². The van der Waals surface area contributed by atoms with Crippen LogP contribution in [0.4, 0.5) is 0 Å². The van der Waals surface area contributed by atoms with Crippen molar-refractivity contribution in [2.24, 2.45) is 0 Å². The minimum absolute atomic E-state index is 0.0247. The van der Waals surface area contributed by atoms with Crippen LogP contribution in [0.15, 0.2) is 36.4 Å². The van der Waals surface area contributed by atoms with Crippen molar-refractivity contribution in [2.75, 3.05) is 19.7 Å². The number of nitrogens with one attached hydrogen (secondary N) is 1. The molecule has 0 unspecified atom stereocenters. The average Bonchev–Trinajstić information content (AvgIpc) is 2.55. The SMILES string of the molecule is Clc1cc(OCc2c(Cl)cccc2Cl)ccc1[C@H]1CNCCO1. The third-order valence-corrected chi connectivity index (χ3v) is 4.73. The van der Waals surface area contributed by atoms with E-state index in [1.54, 1.807) is 24.3 Å². The van der Waals surface area contributed by atoms with Crippen LogP contribution in [0.1, 0.15) is 17.2 Å². The number of morpholine rings is 1. The summed E-state index contributed by atoms with van der Waals surface area (Å²) in [6.45, 7) is 2.60. The number of ether oxygens (including phenoxy) is 2. The molecule has 2 aromatic rings. The maximum Gasteiger partial charge on any atom is 0.121 e. The molecule has 1 aliphatic rings. The first-order valence-electron chi connectivity index (χ1n) is 7.32. The van der Waals surface area contributed by atoms with Gasteiger partial charge in [-0.1, -0.05) is 46.9 Å². The third-order valence-electron chi connectivity index (χ3n) is 3.69. The molecule has 0 aliphatic carbocycles. The Bertz CT molecular complexity index is 667. The predicted molar refractivity (Wildman–Crippen MR) is 93.8 cm³/mol. The lowest BCUT2D eigenvalue weighted by Gasteiger charge is -2.25. The maximum atomic E-state index is 6.37. The van der Waals surface area contributed by atoms with Crippen LogP contribution in [-0.2, 0) is 11.3 Å². The second-order valence-electron chi connectivity index (χ2n) is 5.24. The van der Waals surface area contributed by atoms with Gasteiger partial charge in [0.2, 0.25) is 0 Å². The summed E-state index contributed by atoms with van der Waals surface area (Å²) in [5.74, 6) is 0.665. The van der Waals surface area contributed by atoms with Crippen molar-refractivity contribution < 1.29 is 9.47 Å². The molecule has 3 rings (SSSR count). The van der Waals surface area contributed by atoms with Crippen LogP contribution in [0, 0.1) is 0 Å². The third kappa shape index (κ3) is 4.11. The monoisotopic (exact) mass is 371 g/mol. The highest BCUT2D eigenvalue weighted by Crippen LogP contribution is 2.31. The van der Waals surface area contributed by atoms with E-state index >= 15 is 0 Å². The normalized spacial score (nSPS) is 18.0. The van der Waals surface area contributed by atoms with Gasteiger partial charge in [-0.25, -0.2) is 0 Å². The van der Waals surface area contributed by atoms with E-state index in [4.69, 9.17) is 44.3 Å². The molecule has 1 N–H and O–H groups in total. The zero-order valence-corrected chi connectivity index (χ0v) is 14.6. The summed E-state index contributed by atoms with van der Waals surface area (Å²) < 4.78 is 11.5. The maximum absolute atomic E-state index is 6.37. The van der Waals surface area contributed by atoms with Crippen LogP contribution in [0.5, 0.6) is 5.75 Å². The summed E-state index contributed by atoms with van der Waals surface area (Å²) in [5.41, 5.74) is 1.72. The van der Waals surface area contributed by atoms with E-state index < -0.39 is 0 Å². The molecule has 2 aromatic carbocycles. The first kappa shape index (κ1) is 16.9. The molecule has 6 heteroatoms. The van der Waals surface area contributed by atoms with Gasteiger partial charge in [0, 0.05) is 34.3 Å². The van der Waals surface area contributed by atoms with Crippen molar-refractivity contribution in [2.45, 2.75) is 12.7 Å². The molecule has 0 amide bonds. The zero-order valence-electron chi connectivity index (χ0n) is 12.3. The molecule has 0 aromatic heterocycles. The molecule has 0 saturated carbocycles. The van der Waals surface area contributed by atoms with Gasteiger partial charge in [0.05, 0.1) is 17.7 Å². The quantitative estimate of drug-likeness (QED) is 0.829. The van der Waals surface area contributed by atoms with Crippen LogP contribution in [-0.4, -0.2) is 19.7 Å². The second kappa shape index (κ2) is 7.73. The fourth-order valence-corrected chi connectivity index (χ4v) is 3.25. The Balaban J connectivity index is 1.70. The van der Waals surface area contributed by atoms with Gasteiger partial charge in [-0.3, -0.25) is 0 Å². The van der Waals surface area contributed by atoms with E-state index in [-0.39, 0.29) is 12.7 Å². The summed E-state index contributed by atoms with van der Waals surface area (Å²) in [4.78, 5) is 0. The Hall–Kier alpha value is -0.970. The molecule has 1 aliphatic heterocycles. The van der Waals surface area contributed by atoms with Crippen LogP contribution in [0.25, 0.3) is 0 Å². The zero-order chi connectivity index (χ0) is 16.2. The van der Waals surface area contributed by atoms with Crippen LogP contribution in [0.2, 0.25) is 15.1 Å². The van der Waals surface area contributed by atoms with E-state index in [1.165, 1.54) is 0 Å². The first-order valence-corrected chi connectivity index (χ1v) is 8.46. The largest absolute Gasteiger partial charge is 0.489 e. The van der Waals surface area contributed by atoms with Gasteiger partial charge in [-0.2, -0.15) is 0 Å². The van der Waals surface area contributed by atoms with Crippen LogP contribution >= 0.6 is 34.8 Å². The fourth-order valence-electron chi connectivity index (χ4n) is 2.45. The highest BCUT2D eigenvalue weighted by Gasteiger charge is 2.18. The number of halogens is 3. The van der Waals surface area contributed by atoms with Gasteiger partial charge in [0.1, 0.15) is 12.4 Å². The molecule has 23 heavy (non-hydrogen) atoms. The molecule has 1 heterocycles. The summed E-state index contributed by atoms with van der Waals surface area (Å²) in [5, 5.41) is 5.09. The molecule has 1 atom stereocenters. The number of hydrogen-bond acceptors (Lipinski definition) is 3. The molecule has 3 nitrogen and oxygen atoms in total. The molecule has 122 valence electrons. The summed E-state index contributed by atoms with van der Waals surface area (Å²) in [7, 11) is 0. The molecule has 0 bridgehead atoms. The lowest BCUT2D eigenvalue weighted by Crippen LogP contribution is -2.33. The highest BCUT2D eigenvalue weighted by atomic mass is 35.5. The van der Waals surface area contributed by atoms with Crippen molar-refractivity contribution in [3.05, 3.63) is 62.6 Å². The number of benzene rings is 2. The highest BCUT2D eigenvalue weighted by molar-refractivity contribution is 6.36. The van der Waals surface area contributed by atoms with Crippen LogP contribution < -0.4 is 10.1 Å². The molecular formula is C17H16Cl3NO2. The standard InChI is InChI=1S/C17H16Cl3NO2/c18-14-2-1-3-15(19)13(14)10-23-11-4-5-12(16(20)8-11)17-9-21-6-7-22-17/h1-5,8,17,21H,6-7,9-10H2/t17-/m1/s1. The van der Waals surface area contributed by atoms with Gasteiger partial charge < -0.3 is 14.8 Å². The fraction of sp³-hybridized carbons (Fsp3) is 0.294. The number of rotatable bonds is 4. The molecule has 1 saturated heterocycles. The number of hydrogen-bond donors (Lipinski definition) is 1. The van der Waals surface area contributed by atoms with E-state index in [2.05, 4.69) is 5.32 Å². The van der Waals surface area contributed by atoms with E-state index in [0.29, 0.717) is 27.4 Å². The first-order chi connectivity index (χ1) is 11.1. The summed E-state index contributed by atoms with van der Waals surface area (Å²) in [6.07, 6.45) is -0.0247. The van der Waals surface area contributed by atoms with Gasteiger partial charge in [0.25, 0.3) is 0 Å². The lowest BCUT2D eigenvalue weighted by atomic mass is 10.1. The van der Waals surface area contributed by atoms with Crippen LogP contribution in [0.3, 0.4) is 0 Å².